The van der Waals surface area contributed by atoms with Crippen molar-refractivity contribution in [3.05, 3.63) is 48.2 Å². The number of hydrogen-bond donors (Lipinski definition) is 1. The van der Waals surface area contributed by atoms with Gasteiger partial charge in [-0.3, -0.25) is 10.1 Å². The zero-order valence-electron chi connectivity index (χ0n) is 17.5. The van der Waals surface area contributed by atoms with Crippen LogP contribution in [0.25, 0.3) is 10.4 Å². The fourth-order valence-electron chi connectivity index (χ4n) is 1.93. The van der Waals surface area contributed by atoms with Crippen LogP contribution in [0.4, 0.5) is 13.9 Å². The Morgan fingerprint density at radius 1 is 1.33 bits per heavy atom. The quantitative estimate of drug-likeness (QED) is 0.463. The van der Waals surface area contributed by atoms with Crippen molar-refractivity contribution in [2.45, 2.75) is 20.8 Å². The summed E-state index contributed by atoms with van der Waals surface area (Å²) in [5.41, 5.74) is 0.780. The molecule has 0 aliphatic rings. The van der Waals surface area contributed by atoms with Crippen molar-refractivity contribution in [3.8, 4) is 34.3 Å². The molecule has 2 rings (SSSR count). The van der Waals surface area contributed by atoms with Gasteiger partial charge in [0.05, 0.1) is 30.8 Å². The maximum Gasteiger partial charge on any atom is 0.252 e. The van der Waals surface area contributed by atoms with Crippen LogP contribution in [0.2, 0.25) is 0 Å². The average Bonchev–Trinajstić information content (AvgIpc) is 3.20. The predicted octanol–water partition coefficient (Wildman–Crippen LogP) is 5.77. The molecule has 5 nitrogen and oxygen atoms in total. The van der Waals surface area contributed by atoms with Crippen molar-refractivity contribution >= 4 is 22.4 Å². The van der Waals surface area contributed by atoms with E-state index < -0.39 is 17.7 Å². The van der Waals surface area contributed by atoms with Crippen molar-refractivity contribution in [1.82, 2.24) is 4.98 Å². The number of carbonyl (C=O) groups excluding carboxylic acids is 1. The van der Waals surface area contributed by atoms with Gasteiger partial charge in [-0.1, -0.05) is 23.3 Å². The first-order valence-corrected chi connectivity index (χ1v) is 9.68. The van der Waals surface area contributed by atoms with Gasteiger partial charge in [0.25, 0.3) is 5.91 Å². The third-order valence-corrected chi connectivity index (χ3v) is 4.68. The number of nitrogens with one attached hydrogen (secondary N) is 1. The highest BCUT2D eigenvalue weighted by Gasteiger charge is 2.13. The highest BCUT2D eigenvalue weighted by molar-refractivity contribution is 7.19. The van der Waals surface area contributed by atoms with Crippen LogP contribution in [0.15, 0.2) is 48.2 Å². The van der Waals surface area contributed by atoms with Crippen molar-refractivity contribution in [1.29, 1.82) is 0 Å². The minimum absolute atomic E-state index is 0.120. The van der Waals surface area contributed by atoms with Gasteiger partial charge in [0.15, 0.2) is 5.13 Å². The summed E-state index contributed by atoms with van der Waals surface area (Å²) >= 11 is 1.23. The van der Waals surface area contributed by atoms with E-state index in [0.717, 1.165) is 16.5 Å². The number of carbonyl (C=O) groups is 1. The summed E-state index contributed by atoms with van der Waals surface area (Å²) < 4.78 is 35.5. The minimum atomic E-state index is -0.751. The third-order valence-electron chi connectivity index (χ3n) is 3.74. The maximum atomic E-state index is 13.6. The number of hydrogen-bond acceptors (Lipinski definition) is 5. The number of thiazole rings is 1. The molecule has 0 bridgehead atoms. The fourth-order valence-corrected chi connectivity index (χ4v) is 2.77. The smallest absolute Gasteiger partial charge is 0.252 e. The van der Waals surface area contributed by atoms with E-state index in [-0.39, 0.29) is 5.83 Å². The van der Waals surface area contributed by atoms with Gasteiger partial charge in [-0.05, 0) is 39.0 Å². The SMILES string of the molecule is C#CC(C)/C(F)=C/C(=O)Nc1ncc(-c2cc(OC)ccc2OC)s1.C/C=C(\C)F. The summed E-state index contributed by atoms with van der Waals surface area (Å²) in [6, 6.07) is 5.38. The molecule has 160 valence electrons. The van der Waals surface area contributed by atoms with Crippen molar-refractivity contribution < 1.29 is 23.0 Å². The second kappa shape index (κ2) is 12.4. The van der Waals surface area contributed by atoms with E-state index in [1.54, 1.807) is 39.5 Å². The molecule has 0 fully saturated rings. The number of ether oxygens (including phenoxy) is 2. The topological polar surface area (TPSA) is 60.5 Å². The molecule has 1 atom stereocenters. The predicted molar refractivity (Wildman–Crippen MR) is 117 cm³/mol. The number of nitrogens with zero attached hydrogens (tertiary/aromatic N) is 1. The summed E-state index contributed by atoms with van der Waals surface area (Å²) in [4.78, 5) is 16.7. The molecule has 1 heterocycles. The Hall–Kier alpha value is -3.18. The van der Waals surface area contributed by atoms with E-state index >= 15 is 0 Å². The van der Waals surface area contributed by atoms with E-state index in [0.29, 0.717) is 16.6 Å². The molecule has 1 aromatic carbocycles. The van der Waals surface area contributed by atoms with E-state index in [9.17, 15) is 13.6 Å². The Labute approximate surface area is 179 Å². The number of anilines is 1. The lowest BCUT2D eigenvalue weighted by Crippen LogP contribution is -2.09. The van der Waals surface area contributed by atoms with Gasteiger partial charge in [0.1, 0.15) is 17.3 Å². The number of amides is 1. The molecule has 0 aliphatic carbocycles. The summed E-state index contributed by atoms with van der Waals surface area (Å²) in [6.45, 7) is 4.57. The first-order chi connectivity index (χ1) is 14.2. The van der Waals surface area contributed by atoms with Crippen LogP contribution in [0.5, 0.6) is 11.5 Å². The van der Waals surface area contributed by atoms with Gasteiger partial charge < -0.3 is 9.47 Å². The van der Waals surface area contributed by atoms with Crippen LogP contribution >= 0.6 is 11.3 Å². The standard InChI is InChI=1S/C18H17FN2O3S.C4H7F/c1-5-11(2)14(19)9-17(22)21-18-20-10-16(25-18)13-8-12(23-3)6-7-15(13)24-4;1-3-4(2)5/h1,6-11H,2-4H3,(H,20,21,22);3H,1-2H3/b14-9-;4-3+. The first-order valence-electron chi connectivity index (χ1n) is 8.86. The molecule has 0 spiro atoms. The monoisotopic (exact) mass is 434 g/mol. The molecule has 30 heavy (non-hydrogen) atoms. The Balaban J connectivity index is 0.000000804. The van der Waals surface area contributed by atoms with Crippen LogP contribution in [0, 0.1) is 18.3 Å². The van der Waals surface area contributed by atoms with Crippen molar-refractivity contribution in [2.75, 3.05) is 19.5 Å². The maximum absolute atomic E-state index is 13.6. The second-order valence-electron chi connectivity index (χ2n) is 5.88. The lowest BCUT2D eigenvalue weighted by atomic mass is 10.1. The number of methoxy groups -OCH3 is 2. The van der Waals surface area contributed by atoms with E-state index in [2.05, 4.69) is 16.2 Å². The number of terminal acetylenes is 1. The van der Waals surface area contributed by atoms with Gasteiger partial charge in [-0.15, -0.1) is 6.42 Å². The van der Waals surface area contributed by atoms with E-state index in [1.807, 2.05) is 6.07 Å². The van der Waals surface area contributed by atoms with Crippen LogP contribution in [0.1, 0.15) is 20.8 Å². The summed E-state index contributed by atoms with van der Waals surface area (Å²) in [6.07, 6.45) is 8.97. The van der Waals surface area contributed by atoms with E-state index in [4.69, 9.17) is 15.9 Å². The number of benzene rings is 1. The number of rotatable bonds is 6. The zero-order valence-corrected chi connectivity index (χ0v) is 18.3. The largest absolute Gasteiger partial charge is 0.497 e. The fraction of sp³-hybridized carbons (Fsp3) is 0.273. The van der Waals surface area contributed by atoms with Crippen molar-refractivity contribution in [2.24, 2.45) is 5.92 Å². The Morgan fingerprint density at radius 2 is 2.00 bits per heavy atom. The molecule has 0 aliphatic heterocycles. The second-order valence-corrected chi connectivity index (χ2v) is 6.91. The van der Waals surface area contributed by atoms with Crippen LogP contribution in [-0.4, -0.2) is 25.1 Å². The summed E-state index contributed by atoms with van der Waals surface area (Å²) in [5.74, 6) is 1.37. The molecule has 2 aromatic rings. The molecule has 0 saturated carbocycles. The summed E-state index contributed by atoms with van der Waals surface area (Å²) in [7, 11) is 3.14. The average molecular weight is 435 g/mol. The number of allylic oxidation sites excluding steroid dienone is 3. The third kappa shape index (κ3) is 7.68. The highest BCUT2D eigenvalue weighted by atomic mass is 32.1. The Kier molecular flexibility index (Phi) is 10.3. The molecule has 1 amide bonds. The Morgan fingerprint density at radius 3 is 2.53 bits per heavy atom. The number of aromatic nitrogens is 1. The van der Waals surface area contributed by atoms with Crippen LogP contribution < -0.4 is 14.8 Å². The molecule has 1 N–H and O–H groups in total. The lowest BCUT2D eigenvalue weighted by molar-refractivity contribution is -0.112. The first kappa shape index (κ1) is 24.9. The molecule has 1 unspecified atom stereocenters. The van der Waals surface area contributed by atoms with Crippen molar-refractivity contribution in [3.63, 3.8) is 0 Å². The van der Waals surface area contributed by atoms with Crippen LogP contribution in [0.3, 0.4) is 0 Å². The molecule has 0 radical (unpaired) electrons. The number of halogens is 2. The van der Waals surface area contributed by atoms with Gasteiger partial charge in [-0.2, -0.15) is 0 Å². The van der Waals surface area contributed by atoms with Gasteiger partial charge in [0, 0.05) is 17.8 Å². The van der Waals surface area contributed by atoms with Gasteiger partial charge >= 0.3 is 0 Å². The molecular formula is C22H24F2N2O3S. The molecule has 8 heteroatoms. The normalized spacial score (nSPS) is 12.2. The van der Waals surface area contributed by atoms with Crippen LogP contribution in [-0.2, 0) is 4.79 Å². The lowest BCUT2D eigenvalue weighted by Gasteiger charge is -2.08. The molecule has 0 saturated heterocycles. The minimum Gasteiger partial charge on any atom is -0.497 e. The zero-order chi connectivity index (χ0) is 22.7. The van der Waals surface area contributed by atoms with Gasteiger partial charge in [-0.25, -0.2) is 13.8 Å². The summed E-state index contributed by atoms with van der Waals surface area (Å²) in [5, 5.41) is 2.85. The van der Waals surface area contributed by atoms with E-state index in [1.165, 1.54) is 31.3 Å². The Bertz CT molecular complexity index is 958. The highest BCUT2D eigenvalue weighted by Crippen LogP contribution is 2.37. The van der Waals surface area contributed by atoms with Gasteiger partial charge in [0.2, 0.25) is 0 Å². The molecular weight excluding hydrogens is 410 g/mol. The molecule has 1 aromatic heterocycles.